The van der Waals surface area contributed by atoms with Crippen molar-refractivity contribution in [2.75, 3.05) is 0 Å². The molecule has 0 saturated heterocycles. The Bertz CT molecular complexity index is 1560. The number of furan rings is 1. The van der Waals surface area contributed by atoms with Crippen LogP contribution in [0, 0.1) is 0 Å². The van der Waals surface area contributed by atoms with E-state index >= 15 is 0 Å². The largest absolute Gasteiger partial charge is 0.456 e. The molecule has 0 unspecified atom stereocenters. The molecule has 1 aliphatic rings. The first-order chi connectivity index (χ1) is 14.1. The summed E-state index contributed by atoms with van der Waals surface area (Å²) < 4.78 is 69.8. The van der Waals surface area contributed by atoms with E-state index in [1.165, 1.54) is 24.3 Å². The van der Waals surface area contributed by atoms with Crippen LogP contribution in [0.2, 0.25) is 0 Å². The van der Waals surface area contributed by atoms with E-state index < -0.39 is 20.2 Å². The van der Waals surface area contributed by atoms with Crippen LogP contribution in [0.4, 0.5) is 0 Å². The lowest BCUT2D eigenvalue weighted by molar-refractivity contribution is 0.481. The molecule has 9 heteroatoms. The van der Waals surface area contributed by atoms with Crippen LogP contribution >= 0.6 is 0 Å². The van der Waals surface area contributed by atoms with Crippen LogP contribution in [0.3, 0.4) is 0 Å². The third-order valence-corrected chi connectivity index (χ3v) is 6.92. The summed E-state index contributed by atoms with van der Waals surface area (Å²) >= 11 is 0. The molecule has 152 valence electrons. The van der Waals surface area contributed by atoms with E-state index in [0.717, 1.165) is 27.8 Å². The van der Waals surface area contributed by atoms with Crippen LogP contribution in [-0.4, -0.2) is 25.9 Å². The van der Waals surface area contributed by atoms with Gasteiger partial charge < -0.3 is 4.42 Å². The van der Waals surface area contributed by atoms with Gasteiger partial charge in [0.05, 0.1) is 9.79 Å². The summed E-state index contributed by atoms with van der Waals surface area (Å²) in [7, 11) is -8.59. The molecule has 5 rings (SSSR count). The van der Waals surface area contributed by atoms with Crippen LogP contribution in [0.15, 0.2) is 74.9 Å². The predicted octanol–water partition coefficient (Wildman–Crippen LogP) is 4.16. The second-order valence-electron chi connectivity index (χ2n) is 7.13. The van der Waals surface area contributed by atoms with Gasteiger partial charge in [-0.25, -0.2) is 0 Å². The van der Waals surface area contributed by atoms with E-state index in [1.54, 1.807) is 18.2 Å². The third kappa shape index (κ3) is 3.12. The molecule has 2 N–H and O–H groups in total. The molecule has 0 amide bonds. The molecule has 3 aromatic carbocycles. The van der Waals surface area contributed by atoms with Crippen molar-refractivity contribution in [1.29, 1.82) is 0 Å². The zero-order valence-electron chi connectivity index (χ0n) is 15.2. The van der Waals surface area contributed by atoms with Crippen molar-refractivity contribution in [2.24, 2.45) is 0 Å². The average Bonchev–Trinajstić information content (AvgIpc) is 3.25. The topological polar surface area (TPSA) is 122 Å². The van der Waals surface area contributed by atoms with Gasteiger partial charge in [-0.1, -0.05) is 18.2 Å². The highest BCUT2D eigenvalue weighted by molar-refractivity contribution is 7.86. The molecule has 4 aromatic rings. The van der Waals surface area contributed by atoms with Gasteiger partial charge in [-0.05, 0) is 65.1 Å². The minimum atomic E-state index is -4.32. The van der Waals surface area contributed by atoms with Crippen LogP contribution < -0.4 is 0 Å². The Morgan fingerprint density at radius 2 is 1.30 bits per heavy atom. The smallest absolute Gasteiger partial charge is 0.294 e. The molecule has 0 spiro atoms. The SMILES string of the molecule is O=S(=O)(O)c1ccc2c(c1)Cc1cc(-c3cc4ccc(S(=O)(=O)O)cc4o3)ccc1-2. The van der Waals surface area contributed by atoms with Crippen LogP contribution in [0.1, 0.15) is 11.1 Å². The Balaban J connectivity index is 1.55. The summed E-state index contributed by atoms with van der Waals surface area (Å²) in [6.45, 7) is 0. The molecular formula is C21H14O7S2. The first-order valence-corrected chi connectivity index (χ1v) is 11.7. The Labute approximate surface area is 172 Å². The van der Waals surface area contributed by atoms with E-state index in [4.69, 9.17) is 4.42 Å². The summed E-state index contributed by atoms with van der Waals surface area (Å²) in [5.74, 6) is 0.537. The first kappa shape index (κ1) is 19.0. The molecule has 0 saturated carbocycles. The van der Waals surface area contributed by atoms with Crippen LogP contribution in [0.25, 0.3) is 33.4 Å². The molecule has 1 aliphatic carbocycles. The van der Waals surface area contributed by atoms with Gasteiger partial charge in [-0.3, -0.25) is 9.11 Å². The highest BCUT2D eigenvalue weighted by Crippen LogP contribution is 2.40. The van der Waals surface area contributed by atoms with Gasteiger partial charge in [0.2, 0.25) is 0 Å². The molecular weight excluding hydrogens is 428 g/mol. The van der Waals surface area contributed by atoms with E-state index in [9.17, 15) is 25.9 Å². The summed E-state index contributed by atoms with van der Waals surface area (Å²) in [5, 5.41) is 0.693. The summed E-state index contributed by atoms with van der Waals surface area (Å²) in [6, 6.07) is 16.2. The molecule has 1 heterocycles. The maximum atomic E-state index is 11.4. The Hall–Kier alpha value is -2.98. The molecule has 0 radical (unpaired) electrons. The van der Waals surface area contributed by atoms with Crippen molar-refractivity contribution in [3.8, 4) is 22.5 Å². The summed E-state index contributed by atoms with van der Waals surface area (Å²) in [5.41, 5.74) is 4.78. The van der Waals surface area contributed by atoms with Gasteiger partial charge in [0.1, 0.15) is 11.3 Å². The van der Waals surface area contributed by atoms with Gasteiger partial charge in [0.15, 0.2) is 0 Å². The van der Waals surface area contributed by atoms with Gasteiger partial charge in [-0.2, -0.15) is 16.8 Å². The van der Waals surface area contributed by atoms with Gasteiger partial charge in [0.25, 0.3) is 20.2 Å². The highest BCUT2D eigenvalue weighted by atomic mass is 32.2. The van der Waals surface area contributed by atoms with Crippen molar-refractivity contribution < 1.29 is 30.4 Å². The highest BCUT2D eigenvalue weighted by Gasteiger charge is 2.22. The monoisotopic (exact) mass is 442 g/mol. The molecule has 0 atom stereocenters. The zero-order valence-corrected chi connectivity index (χ0v) is 16.9. The predicted molar refractivity (Wildman–Crippen MR) is 110 cm³/mol. The fourth-order valence-electron chi connectivity index (χ4n) is 3.81. The minimum absolute atomic E-state index is 0.138. The summed E-state index contributed by atoms with van der Waals surface area (Å²) in [4.78, 5) is -0.379. The normalized spacial score (nSPS) is 13.4. The maximum Gasteiger partial charge on any atom is 0.294 e. The standard InChI is InChI=1S/C21H14O7S2/c22-29(23,24)16-4-6-19-15(9-16)8-14-7-12(2-5-18(14)19)20-10-13-1-3-17(30(25,26)27)11-21(13)28-20/h1-7,9-11H,8H2,(H,22,23,24)(H,25,26,27). The third-order valence-electron chi connectivity index (χ3n) is 5.22. The van der Waals surface area contributed by atoms with Crippen LogP contribution in [0.5, 0.6) is 0 Å². The molecule has 7 nitrogen and oxygen atoms in total. The van der Waals surface area contributed by atoms with E-state index in [1.807, 2.05) is 18.2 Å². The Morgan fingerprint density at radius 3 is 2.00 bits per heavy atom. The van der Waals surface area contributed by atoms with Crippen molar-refractivity contribution >= 4 is 31.2 Å². The molecule has 0 bridgehead atoms. The lowest BCUT2D eigenvalue weighted by atomic mass is 10.0. The number of fused-ring (bicyclic) bond motifs is 4. The molecule has 30 heavy (non-hydrogen) atoms. The first-order valence-electron chi connectivity index (χ1n) is 8.85. The van der Waals surface area contributed by atoms with E-state index in [2.05, 4.69) is 0 Å². The van der Waals surface area contributed by atoms with E-state index in [-0.39, 0.29) is 9.79 Å². The number of benzene rings is 3. The van der Waals surface area contributed by atoms with E-state index in [0.29, 0.717) is 23.2 Å². The average molecular weight is 442 g/mol. The molecule has 0 fully saturated rings. The van der Waals surface area contributed by atoms with Gasteiger partial charge >= 0.3 is 0 Å². The van der Waals surface area contributed by atoms with Crippen molar-refractivity contribution in [1.82, 2.24) is 0 Å². The fraction of sp³-hybridized carbons (Fsp3) is 0.0476. The Morgan fingerprint density at radius 1 is 0.700 bits per heavy atom. The maximum absolute atomic E-state index is 11.4. The quantitative estimate of drug-likeness (QED) is 0.402. The lowest BCUT2D eigenvalue weighted by Gasteiger charge is -2.04. The molecule has 0 aliphatic heterocycles. The number of hydrogen-bond donors (Lipinski definition) is 2. The van der Waals surface area contributed by atoms with Crippen molar-refractivity contribution in [3.05, 3.63) is 71.8 Å². The second kappa shape index (κ2) is 6.26. The summed E-state index contributed by atoms with van der Waals surface area (Å²) in [6.07, 6.45) is 0.509. The fourth-order valence-corrected chi connectivity index (χ4v) is 4.84. The minimum Gasteiger partial charge on any atom is -0.456 e. The lowest BCUT2D eigenvalue weighted by Crippen LogP contribution is -1.98. The zero-order chi connectivity index (χ0) is 21.3. The number of hydrogen-bond acceptors (Lipinski definition) is 5. The Kier molecular flexibility index (Phi) is 3.97. The van der Waals surface area contributed by atoms with Crippen molar-refractivity contribution in [3.63, 3.8) is 0 Å². The van der Waals surface area contributed by atoms with Crippen molar-refractivity contribution in [2.45, 2.75) is 16.2 Å². The van der Waals surface area contributed by atoms with Crippen LogP contribution in [-0.2, 0) is 26.7 Å². The number of rotatable bonds is 3. The molecule has 1 aromatic heterocycles. The van der Waals surface area contributed by atoms with Gasteiger partial charge in [0, 0.05) is 17.0 Å². The second-order valence-corrected chi connectivity index (χ2v) is 9.97. The van der Waals surface area contributed by atoms with Gasteiger partial charge in [-0.15, -0.1) is 0 Å².